The van der Waals surface area contributed by atoms with Gasteiger partial charge >= 0.3 is 170 Å². The summed E-state index contributed by atoms with van der Waals surface area (Å²) in [7, 11) is 0. The molecule has 0 bridgehead atoms. The summed E-state index contributed by atoms with van der Waals surface area (Å²) in [5.41, 5.74) is 12.0. The second-order valence-corrected chi connectivity index (χ2v) is 25.0. The van der Waals surface area contributed by atoms with Gasteiger partial charge in [0.15, 0.2) is 16.7 Å². The molecule has 3 aromatic carbocycles. The number of furan rings is 2. The molecule has 0 saturated carbocycles. The van der Waals surface area contributed by atoms with E-state index in [1.807, 2.05) is 149 Å². The molecule has 0 aliphatic heterocycles. The Labute approximate surface area is 764 Å². The number of hydrogen-bond acceptors (Lipinski definition) is 13. The molecule has 15 aromatic heterocycles. The van der Waals surface area contributed by atoms with E-state index in [0.717, 1.165) is 87.1 Å². The van der Waals surface area contributed by atoms with Crippen LogP contribution in [-0.4, -0.2) is 73.9 Å². The van der Waals surface area contributed by atoms with Crippen molar-refractivity contribution in [3.8, 4) is 0 Å². The van der Waals surface area contributed by atoms with Gasteiger partial charge in [-0.2, -0.15) is 0 Å². The number of pyridine rings is 9. The Balaban J connectivity index is -0.0000000178. The summed E-state index contributed by atoms with van der Waals surface area (Å²) in [5.74, 6) is 0. The summed E-state index contributed by atoms with van der Waals surface area (Å²) >= 11 is 4.06. The Kier molecular flexibility index (Phi) is 3.31. The van der Waals surface area contributed by atoms with Crippen molar-refractivity contribution in [2.45, 2.75) is 20.8 Å². The molecule has 81 heavy (non-hydrogen) atoms. The van der Waals surface area contributed by atoms with E-state index in [4.69, 9.17) is 280 Å². The fourth-order valence-corrected chi connectivity index (χ4v) is 15.6. The molecule has 0 unspecified atom stereocenters. The van der Waals surface area contributed by atoms with E-state index < -0.39 is 0 Å². The third-order valence-corrected chi connectivity index (χ3v) is 19.7. The summed E-state index contributed by atoms with van der Waals surface area (Å²) in [5, 5.41) is 6.87. The van der Waals surface area contributed by atoms with Crippen LogP contribution in [0.5, 0.6) is 0 Å². The van der Waals surface area contributed by atoms with Crippen LogP contribution in [0.3, 0.4) is 0 Å². The minimum absolute atomic E-state index is 0.275. The van der Waals surface area contributed by atoms with Gasteiger partial charge in [-0.3, -0.25) is 19.9 Å². The smallest absolute Gasteiger partial charge is 0.153 e. The number of rotatable bonds is 0. The predicted molar refractivity (Wildman–Crippen MR) is 528 cm³/mol. The molecule has 0 aliphatic carbocycles. The van der Waals surface area contributed by atoms with E-state index in [2.05, 4.69) is 87.3 Å². The summed E-state index contributed by atoms with van der Waals surface area (Å²) in [6.45, 7) is 5.99. The minimum atomic E-state index is 0.275. The van der Waals surface area contributed by atoms with Gasteiger partial charge in [0.25, 0.3) is 0 Å². The van der Waals surface area contributed by atoms with Crippen molar-refractivity contribution in [3.05, 3.63) is 237 Å². The van der Waals surface area contributed by atoms with Crippen molar-refractivity contribution in [3.63, 3.8) is 0 Å². The molecule has 0 amide bonds. The number of benzene rings is 3. The van der Waals surface area contributed by atoms with Gasteiger partial charge in [-0.25, -0.2) is 9.97 Å². The molecule has 0 fully saturated rings. The fraction of sp³-hybridized carbons (Fsp3) is 0.0455. The Morgan fingerprint density at radius 1 is 0.358 bits per heavy atom. The van der Waals surface area contributed by atoms with Crippen molar-refractivity contribution in [2.75, 3.05) is 0 Å². The largest absolute Gasteiger partial charge is 0.454 e. The first-order valence-electron chi connectivity index (χ1n) is 117. The predicted octanol–water partition coefficient (Wildman–Crippen LogP) is 39.0. The van der Waals surface area contributed by atoms with Crippen LogP contribution in [0.15, 0.2) is 228 Å². The number of aromatic nitrogens is 9. The second-order valence-electron chi connectivity index (χ2n) is 18.4. The monoisotopic (exact) mass is 1580 g/mol. The summed E-state index contributed by atoms with van der Waals surface area (Å²) in [4.78, 5) is 38.7. The molecule has 15 heteroatoms. The molecule has 0 atom stereocenters. The van der Waals surface area contributed by atoms with Crippen LogP contribution in [0.1, 0.15) is 288 Å². The average molecular weight is 1580 g/mol. The first-order valence-corrected chi connectivity index (χ1v) is 30.7. The molecule has 18 aromatic rings. The van der Waals surface area contributed by atoms with E-state index in [1.165, 1.54) is 48.0 Å². The normalized spacial score (nSPS) is 20.6. The second kappa shape index (κ2) is 23.0. The van der Waals surface area contributed by atoms with Crippen molar-refractivity contribution in [1.82, 2.24) is 44.9 Å². The Bertz CT molecular complexity index is 5080. The maximum atomic E-state index is 7.82. The molecule has 0 spiro atoms. The van der Waals surface area contributed by atoms with Gasteiger partial charge in [0.1, 0.15) is 27.6 Å². The number of aryl methyl sites for hydroxylation is 3. The van der Waals surface area contributed by atoms with Crippen LogP contribution in [0, 0.1) is 20.8 Å². The quantitative estimate of drug-likeness (QED) is 0.134. The van der Waals surface area contributed by atoms with Gasteiger partial charge in [0, 0.05) is 336 Å². The van der Waals surface area contributed by atoms with Crippen molar-refractivity contribution in [2.24, 2.45) is 0 Å². The Morgan fingerprint density at radius 2 is 0.914 bits per heavy atom. The maximum absolute atomic E-state index is 7.82. The standard InChI is InChI=1S/C11H8N2O.C11H8N2S.C11H8N2Se.C11H7NO.C11H7NS.C11H7NSe.90H2/c3*1-7-4-5-9-11(13-7)10-8(14-9)3-2-6-12-10;3*1-2-4-10-8(3-1)9-5-6-12-7-11(9)13-10;;;;;;;;;;;;;;;;;;;;;;;;;;;;;;;;;;;;;;;;;;;;;;;;;;;;;;;;;;;;;;;;;;;;;;;;;;;;;;;;;;;;;;;;;;/h3*2-6H,1H3;3*1-7H;90*1H/i;;;3*4D;90*1+1D. The molecule has 0 saturated heterocycles. The van der Waals surface area contributed by atoms with Gasteiger partial charge < -0.3 is 8.83 Å². The Morgan fingerprint density at radius 3 is 1.78 bits per heavy atom. The van der Waals surface area contributed by atoms with E-state index in [0.29, 0.717) is 38.2 Å². The minimum Gasteiger partial charge on any atom is -0.454 e. The van der Waals surface area contributed by atoms with E-state index in [1.54, 1.807) is 53.5 Å². The number of thiophene rings is 2. The van der Waals surface area contributed by atoms with E-state index >= 15 is 0 Å². The van der Waals surface area contributed by atoms with Crippen LogP contribution < -0.4 is 0 Å². The molecular weight excluding hydrogens is 1170 g/mol. The Hall–Kier alpha value is -8.91. The van der Waals surface area contributed by atoms with Crippen LogP contribution in [-0.2, 0) is 0 Å². The summed E-state index contributed by atoms with van der Waals surface area (Å²) in [6, 6.07) is 49.1. The van der Waals surface area contributed by atoms with E-state index in [9.17, 15) is 0 Å². The van der Waals surface area contributed by atoms with Crippen LogP contribution in [0.25, 0.3) is 124 Å². The zero-order valence-corrected chi connectivity index (χ0v) is 48.6. The molecule has 15 heterocycles. The summed E-state index contributed by atoms with van der Waals surface area (Å²) < 4.78 is 944. The SMILES string of the molecule is Cc1ccc2[se]c3cccnc3c2n1.Cc1ccc2oc3cccnc3c2n1.Cc1ccc2sc3cccnc3c2n1.[2H][2H].[2H][2H].[2H][2H].[2H][2H].[2H][2H].[2H][2H].[2H][2H].[2H][2H].[2H][2H].[2H][2H].[2H][2H].[2H][2H].[2H][2H].[2H][2H].[2H][2H].[2H][2H].[2H][2H].[2H][2H].[2H][2H].[2H][2H].[2H][2H].[2H][2H].[2H][2H].[2H][2H].[2H][2H].[2H][2H].[2H][2H].[2H][2H].[2H][2H].[2H][2H].[2H][2H].[2H][2H].[2H][2H].[2H][2H].[2H][2H].[2H][2H].[2H][2H].[2H][2H].[2H][2H].[2H][2H].[2H][2H].[2H][2H].[2H][2H].[2H][2H].[2H][2H].[2H][2H].[2H][2H].[2H][2H].[2H][2H].[2H][2H].[2H][2H].[2H][2H].[2H][2H].[2H][2H].[2H][2H].[2H][2H].[2H][2H].[2H][2H].[2H][2H].[2H][2H].[2H][2H].[2H][2H].[2H][2H].[2H][2H].[2H][2H].[2H][2H].[2H][2H].[2H][2H].[2H][2H].[2H][2H].[2H][2H].[2H][2H].[2H][2H].[2H][2H].[2H][2H].[2H][2H].[2H][2H].[2H][2H].[2H][2H].[2H][2H].[2H][2H].[2H][2H].[2H][2H].[2H][2H].[2H][2H].[2H][2H].[2H][2H].[2H][2H].[2H][2H].[2H][2H].[2H]c1cccc2c1[se]c1cnccc12.[2H]c1cccc2c1oc1cnccc12.[2H]c1cccc2c1sc1cnccc12. The number of nitrogens with zero attached hydrogens (tertiary/aromatic N) is 9. The number of para-hydroxylation sites is 1. The fourth-order valence-electron chi connectivity index (χ4n) is 9.23. The molecule has 18 rings (SSSR count). The molecular formula is C66H225N9O2S2Se2. The molecule has 11 nitrogen and oxygen atoms in total. The third-order valence-electron chi connectivity index (χ3n) is 13.0. The van der Waals surface area contributed by atoms with Gasteiger partial charge in [-0.15, -0.1) is 22.7 Å². The van der Waals surface area contributed by atoms with E-state index in [-0.39, 0.29) is 14.5 Å². The summed E-state index contributed by atoms with van der Waals surface area (Å²) in [6.07, 6.45) is 16.2. The molecule has 0 N–H and O–H groups in total. The molecule has 0 aliphatic rings. The maximum Gasteiger partial charge on any atom is 0.153 e. The zero-order valence-electron chi connectivity index (χ0n) is 227. The molecule has 570 valence electrons. The van der Waals surface area contributed by atoms with Gasteiger partial charge in [0.05, 0.1) is 23.0 Å². The molecule has 0 radical (unpaired) electrons. The van der Waals surface area contributed by atoms with Crippen LogP contribution in [0.4, 0.5) is 0 Å². The zero-order chi connectivity index (χ0) is 237. The first kappa shape index (κ1) is 11.6. The number of hydrogen-bond donors (Lipinski definition) is 0. The first-order chi connectivity index (χ1) is 131. The van der Waals surface area contributed by atoms with Gasteiger partial charge in [-0.05, 0) is 86.6 Å². The van der Waals surface area contributed by atoms with Crippen LogP contribution in [0.2, 0.25) is 0 Å². The van der Waals surface area contributed by atoms with Gasteiger partial charge in [0.2, 0.25) is 0 Å². The van der Waals surface area contributed by atoms with Gasteiger partial charge in [-0.1, -0.05) is 36.4 Å². The van der Waals surface area contributed by atoms with Crippen molar-refractivity contribution in [1.29, 1.82) is 0 Å². The third kappa shape index (κ3) is 10.8. The van der Waals surface area contributed by atoms with Crippen molar-refractivity contribution >= 4 is 175 Å². The topological polar surface area (TPSA) is 142 Å². The van der Waals surface area contributed by atoms with Crippen LogP contribution >= 0.6 is 22.7 Å². The average Bonchev–Trinajstić information content (AvgIpc) is 1.63. The van der Waals surface area contributed by atoms with Crippen molar-refractivity contribution < 1.29 is 280 Å². The number of fused-ring (bicyclic) bond motifs is 18.